The summed E-state index contributed by atoms with van der Waals surface area (Å²) >= 11 is 17.4. The van der Waals surface area contributed by atoms with E-state index in [1.165, 1.54) is 13.1 Å². The van der Waals surface area contributed by atoms with Crippen LogP contribution in [0.25, 0.3) is 10.9 Å². The number of rotatable bonds is 5. The first-order chi connectivity index (χ1) is 13.1. The fourth-order valence-electron chi connectivity index (χ4n) is 3.28. The van der Waals surface area contributed by atoms with Gasteiger partial charge in [0, 0.05) is 53.8 Å². The van der Waals surface area contributed by atoms with Crippen LogP contribution >= 0.6 is 34.8 Å². The molecule has 1 atom stereocenters. The lowest BCUT2D eigenvalue weighted by molar-refractivity contribution is -0.115. The van der Waals surface area contributed by atoms with E-state index < -0.39 is 15.5 Å². The largest absolute Gasteiger partial charge is 0.356 e. The van der Waals surface area contributed by atoms with Gasteiger partial charge in [0.1, 0.15) is 0 Å². The lowest BCUT2D eigenvalue weighted by Gasteiger charge is -2.29. The van der Waals surface area contributed by atoms with Crippen LogP contribution in [0, 0.1) is 5.92 Å². The Kier molecular flexibility index (Phi) is 5.71. The standard InChI is InChI=1S/C20H17Cl3N2O3/c1-11(26)14-9-25(2)10-15(19(28)20(21,22)23)13(14)8-18(27)17-7-12-5-3-4-6-16(12)24-17/h3-7,9-10,13,24H,8H2,1-2H3. The molecule has 1 N–H and O–H groups in total. The third-order valence-electron chi connectivity index (χ3n) is 4.58. The molecule has 0 aliphatic carbocycles. The fourth-order valence-corrected chi connectivity index (χ4v) is 3.61. The van der Waals surface area contributed by atoms with Gasteiger partial charge in [-0.15, -0.1) is 0 Å². The van der Waals surface area contributed by atoms with Gasteiger partial charge in [0.15, 0.2) is 11.6 Å². The Morgan fingerprint density at radius 1 is 1.11 bits per heavy atom. The van der Waals surface area contributed by atoms with Crippen molar-refractivity contribution in [1.82, 2.24) is 9.88 Å². The van der Waals surface area contributed by atoms with Crippen molar-refractivity contribution in [1.29, 1.82) is 0 Å². The third-order valence-corrected chi connectivity index (χ3v) is 5.10. The van der Waals surface area contributed by atoms with E-state index in [2.05, 4.69) is 4.98 Å². The van der Waals surface area contributed by atoms with Crippen molar-refractivity contribution in [2.75, 3.05) is 7.05 Å². The molecule has 0 saturated carbocycles. The predicted octanol–water partition coefficient (Wildman–Crippen LogP) is 4.60. The average molecular weight is 440 g/mol. The van der Waals surface area contributed by atoms with Gasteiger partial charge in [-0.25, -0.2) is 0 Å². The molecule has 146 valence electrons. The molecule has 1 aromatic heterocycles. The van der Waals surface area contributed by atoms with E-state index in [4.69, 9.17) is 34.8 Å². The first-order valence-corrected chi connectivity index (χ1v) is 9.60. The first kappa shape index (κ1) is 20.6. The number of para-hydroxylation sites is 1. The number of allylic oxidation sites excluding steroid dienone is 2. The molecule has 5 nitrogen and oxygen atoms in total. The van der Waals surface area contributed by atoms with Crippen molar-refractivity contribution >= 4 is 63.1 Å². The Balaban J connectivity index is 1.97. The molecule has 2 heterocycles. The summed E-state index contributed by atoms with van der Waals surface area (Å²) < 4.78 is -2.19. The van der Waals surface area contributed by atoms with Crippen LogP contribution in [0.5, 0.6) is 0 Å². The van der Waals surface area contributed by atoms with Crippen molar-refractivity contribution in [3.63, 3.8) is 0 Å². The summed E-state index contributed by atoms with van der Waals surface area (Å²) in [5, 5.41) is 0.893. The van der Waals surface area contributed by atoms with Gasteiger partial charge in [0.2, 0.25) is 5.78 Å². The van der Waals surface area contributed by atoms with Gasteiger partial charge in [0.05, 0.1) is 5.69 Å². The van der Waals surface area contributed by atoms with E-state index in [0.717, 1.165) is 10.9 Å². The fraction of sp³-hybridized carbons (Fsp3) is 0.250. The molecule has 1 aromatic carbocycles. The number of ketones is 3. The number of nitrogens with zero attached hydrogens (tertiary/aromatic N) is 1. The highest BCUT2D eigenvalue weighted by Gasteiger charge is 2.40. The number of Topliss-reactive ketones (excluding diaryl/α,β-unsaturated/α-hetero) is 3. The molecule has 3 rings (SSSR count). The lowest BCUT2D eigenvalue weighted by Crippen LogP contribution is -2.33. The second-order valence-electron chi connectivity index (χ2n) is 6.67. The van der Waals surface area contributed by atoms with E-state index >= 15 is 0 Å². The number of benzene rings is 1. The van der Waals surface area contributed by atoms with Gasteiger partial charge in [0.25, 0.3) is 3.79 Å². The molecule has 0 fully saturated rings. The Labute approximate surface area is 176 Å². The summed E-state index contributed by atoms with van der Waals surface area (Å²) in [5.41, 5.74) is 1.64. The van der Waals surface area contributed by atoms with Crippen LogP contribution in [0.1, 0.15) is 23.8 Å². The Hall–Kier alpha value is -2.08. The topological polar surface area (TPSA) is 70.2 Å². The van der Waals surface area contributed by atoms with Crippen molar-refractivity contribution in [2.45, 2.75) is 17.1 Å². The summed E-state index contributed by atoms with van der Waals surface area (Å²) in [5.74, 6) is -2.06. The molecular formula is C20H17Cl3N2O3. The molecule has 0 spiro atoms. The summed E-state index contributed by atoms with van der Waals surface area (Å²) in [6.07, 6.45) is 2.96. The van der Waals surface area contributed by atoms with Crippen LogP contribution in [-0.4, -0.2) is 38.1 Å². The van der Waals surface area contributed by atoms with E-state index in [0.29, 0.717) is 11.3 Å². The van der Waals surface area contributed by atoms with Crippen LogP contribution < -0.4 is 0 Å². The van der Waals surface area contributed by atoms with Crippen molar-refractivity contribution in [3.05, 3.63) is 59.6 Å². The number of fused-ring (bicyclic) bond motifs is 1. The van der Waals surface area contributed by atoms with Gasteiger partial charge in [-0.3, -0.25) is 14.4 Å². The Bertz CT molecular complexity index is 998. The number of carbonyl (C=O) groups is 3. The van der Waals surface area contributed by atoms with E-state index in [9.17, 15) is 14.4 Å². The van der Waals surface area contributed by atoms with E-state index in [-0.39, 0.29) is 23.6 Å². The highest BCUT2D eigenvalue weighted by atomic mass is 35.6. The van der Waals surface area contributed by atoms with Gasteiger partial charge < -0.3 is 9.88 Å². The lowest BCUT2D eigenvalue weighted by atomic mass is 9.81. The Morgan fingerprint density at radius 2 is 1.75 bits per heavy atom. The molecule has 1 aliphatic heterocycles. The van der Waals surface area contributed by atoms with E-state index in [1.807, 2.05) is 24.3 Å². The zero-order valence-electron chi connectivity index (χ0n) is 15.1. The van der Waals surface area contributed by atoms with Crippen LogP contribution in [0.15, 0.2) is 53.9 Å². The molecule has 2 aromatic rings. The van der Waals surface area contributed by atoms with Gasteiger partial charge in [-0.2, -0.15) is 0 Å². The van der Waals surface area contributed by atoms with Crippen LogP contribution in [0.4, 0.5) is 0 Å². The maximum Gasteiger partial charge on any atom is 0.253 e. The maximum absolute atomic E-state index is 12.9. The zero-order chi connectivity index (χ0) is 20.6. The van der Waals surface area contributed by atoms with Crippen molar-refractivity contribution in [2.24, 2.45) is 5.92 Å². The molecule has 0 saturated heterocycles. The minimum atomic E-state index is -2.19. The molecular weight excluding hydrogens is 423 g/mol. The van der Waals surface area contributed by atoms with Crippen LogP contribution in [0.2, 0.25) is 0 Å². The number of halogens is 3. The number of aromatic amines is 1. The number of H-pyrrole nitrogens is 1. The molecule has 0 bridgehead atoms. The smallest absolute Gasteiger partial charge is 0.253 e. The van der Waals surface area contributed by atoms with Crippen molar-refractivity contribution < 1.29 is 14.4 Å². The highest BCUT2D eigenvalue weighted by molar-refractivity contribution is 6.77. The van der Waals surface area contributed by atoms with Crippen LogP contribution in [0.3, 0.4) is 0 Å². The molecule has 1 aliphatic rings. The number of hydrogen-bond acceptors (Lipinski definition) is 4. The average Bonchev–Trinajstić information content (AvgIpc) is 3.05. The summed E-state index contributed by atoms with van der Waals surface area (Å²) in [6.45, 7) is 1.38. The monoisotopic (exact) mass is 438 g/mol. The summed E-state index contributed by atoms with van der Waals surface area (Å²) in [7, 11) is 1.66. The summed E-state index contributed by atoms with van der Waals surface area (Å²) in [4.78, 5) is 42.4. The second kappa shape index (κ2) is 7.74. The second-order valence-corrected chi connectivity index (χ2v) is 8.95. The number of nitrogens with one attached hydrogen (secondary N) is 1. The number of alkyl halides is 3. The molecule has 28 heavy (non-hydrogen) atoms. The molecule has 0 radical (unpaired) electrons. The van der Waals surface area contributed by atoms with E-state index in [1.54, 1.807) is 24.2 Å². The third kappa shape index (κ3) is 4.17. The highest BCUT2D eigenvalue weighted by Crippen LogP contribution is 2.38. The minimum Gasteiger partial charge on any atom is -0.356 e. The summed E-state index contributed by atoms with van der Waals surface area (Å²) in [6, 6.07) is 9.22. The SMILES string of the molecule is CC(=O)C1=CN(C)C=C(C(=O)C(Cl)(Cl)Cl)C1CC(=O)c1cc2ccccc2[nH]1. The van der Waals surface area contributed by atoms with Crippen LogP contribution in [-0.2, 0) is 9.59 Å². The minimum absolute atomic E-state index is 0.107. The normalized spacial score (nSPS) is 17.3. The number of carbonyl (C=O) groups excluding carboxylic acids is 3. The number of aromatic nitrogens is 1. The first-order valence-electron chi connectivity index (χ1n) is 8.46. The van der Waals surface area contributed by atoms with Gasteiger partial charge >= 0.3 is 0 Å². The molecule has 8 heteroatoms. The Morgan fingerprint density at radius 3 is 2.36 bits per heavy atom. The number of hydrogen-bond donors (Lipinski definition) is 1. The quantitative estimate of drug-likeness (QED) is 0.546. The maximum atomic E-state index is 12.9. The van der Waals surface area contributed by atoms with Gasteiger partial charge in [-0.05, 0) is 19.1 Å². The van der Waals surface area contributed by atoms with Crippen molar-refractivity contribution in [3.8, 4) is 0 Å². The zero-order valence-corrected chi connectivity index (χ0v) is 17.4. The predicted molar refractivity (Wildman–Crippen MR) is 111 cm³/mol. The van der Waals surface area contributed by atoms with Gasteiger partial charge in [-0.1, -0.05) is 53.0 Å². The molecule has 0 amide bonds. The molecule has 1 unspecified atom stereocenters.